The second-order valence-electron chi connectivity index (χ2n) is 4.96. The van der Waals surface area contributed by atoms with E-state index in [0.717, 1.165) is 29.0 Å². The molecular weight excluding hydrogens is 326 g/mol. The molecule has 1 aliphatic heterocycles. The van der Waals surface area contributed by atoms with Gasteiger partial charge in [0.2, 0.25) is 0 Å². The Labute approximate surface area is 126 Å². The molecule has 1 aromatic rings. The summed E-state index contributed by atoms with van der Waals surface area (Å²) in [6.45, 7) is 7.38. The van der Waals surface area contributed by atoms with E-state index >= 15 is 0 Å². The first-order chi connectivity index (χ1) is 9.52. The first-order valence-corrected chi connectivity index (χ1v) is 7.57. The fourth-order valence-corrected chi connectivity index (χ4v) is 2.91. The van der Waals surface area contributed by atoms with Crippen molar-refractivity contribution < 1.29 is 14.6 Å². The summed E-state index contributed by atoms with van der Waals surface area (Å²) in [5, 5.41) is 13.5. The third-order valence-electron chi connectivity index (χ3n) is 3.57. The number of rotatable bonds is 5. The van der Waals surface area contributed by atoms with Gasteiger partial charge in [-0.15, -0.1) is 0 Å². The smallest absolute Gasteiger partial charge is 0.305 e. The summed E-state index contributed by atoms with van der Waals surface area (Å²) >= 11 is 3.58. The van der Waals surface area contributed by atoms with Gasteiger partial charge in [-0.25, -0.2) is 0 Å². The molecule has 1 aromatic heterocycles. The van der Waals surface area contributed by atoms with Crippen molar-refractivity contribution >= 4 is 21.9 Å². The Kier molecular flexibility index (Phi) is 5.17. The van der Waals surface area contributed by atoms with Gasteiger partial charge in [-0.1, -0.05) is 0 Å². The molecule has 20 heavy (non-hydrogen) atoms. The molecule has 1 N–H and O–H groups in total. The molecule has 0 saturated carbocycles. The number of ether oxygens (including phenoxy) is 1. The number of aryl methyl sites for hydroxylation is 2. The van der Waals surface area contributed by atoms with E-state index in [-0.39, 0.29) is 12.5 Å². The summed E-state index contributed by atoms with van der Waals surface area (Å²) < 4.78 is 8.38. The quantitative estimate of drug-likeness (QED) is 0.878. The molecule has 1 aliphatic rings. The molecular formula is C13H20BrN3O3. The zero-order chi connectivity index (χ0) is 14.7. The molecule has 1 saturated heterocycles. The molecule has 0 radical (unpaired) electrons. The third-order valence-corrected chi connectivity index (χ3v) is 4.60. The summed E-state index contributed by atoms with van der Waals surface area (Å²) in [4.78, 5) is 13.1. The molecule has 112 valence electrons. The van der Waals surface area contributed by atoms with Gasteiger partial charge >= 0.3 is 5.97 Å². The molecule has 1 atom stereocenters. The number of halogens is 1. The van der Waals surface area contributed by atoms with Crippen LogP contribution < -0.4 is 0 Å². The summed E-state index contributed by atoms with van der Waals surface area (Å²) in [7, 11) is 0. The van der Waals surface area contributed by atoms with Crippen molar-refractivity contribution in [2.24, 2.45) is 0 Å². The molecule has 0 aromatic carbocycles. The second-order valence-corrected chi connectivity index (χ2v) is 5.75. The van der Waals surface area contributed by atoms with Gasteiger partial charge in [-0.2, -0.15) is 5.10 Å². The largest absolute Gasteiger partial charge is 0.481 e. The van der Waals surface area contributed by atoms with E-state index in [1.807, 2.05) is 11.6 Å². The average molecular weight is 346 g/mol. The number of carbonyl (C=O) groups is 1. The first kappa shape index (κ1) is 15.5. The summed E-state index contributed by atoms with van der Waals surface area (Å²) in [5.41, 5.74) is 2.06. The SMILES string of the molecule is CCn1nc(C)c(Br)c1CN1CCOCC1CC(=O)O. The van der Waals surface area contributed by atoms with Crippen molar-refractivity contribution in [1.82, 2.24) is 14.7 Å². The number of carboxylic acids is 1. The maximum Gasteiger partial charge on any atom is 0.305 e. The number of hydrogen-bond donors (Lipinski definition) is 1. The van der Waals surface area contributed by atoms with Gasteiger partial charge in [-0.05, 0) is 29.8 Å². The van der Waals surface area contributed by atoms with E-state index < -0.39 is 5.97 Å². The van der Waals surface area contributed by atoms with Gasteiger partial charge in [0.05, 0.1) is 35.5 Å². The Hall–Kier alpha value is -0.920. The molecule has 6 nitrogen and oxygen atoms in total. The normalized spacial score (nSPS) is 20.2. The highest BCUT2D eigenvalue weighted by Crippen LogP contribution is 2.24. The Morgan fingerprint density at radius 2 is 2.35 bits per heavy atom. The minimum absolute atomic E-state index is 0.0753. The Balaban J connectivity index is 2.16. The molecule has 2 rings (SSSR count). The Morgan fingerprint density at radius 1 is 1.60 bits per heavy atom. The zero-order valence-corrected chi connectivity index (χ0v) is 13.4. The number of hydrogen-bond acceptors (Lipinski definition) is 4. The van der Waals surface area contributed by atoms with Crippen molar-refractivity contribution in [2.45, 2.75) is 39.4 Å². The van der Waals surface area contributed by atoms with Gasteiger partial charge in [0, 0.05) is 25.7 Å². The van der Waals surface area contributed by atoms with Gasteiger partial charge in [0.15, 0.2) is 0 Å². The number of nitrogens with zero attached hydrogens (tertiary/aromatic N) is 3. The van der Waals surface area contributed by atoms with Crippen LogP contribution in [0.4, 0.5) is 0 Å². The highest BCUT2D eigenvalue weighted by molar-refractivity contribution is 9.10. The van der Waals surface area contributed by atoms with E-state index in [9.17, 15) is 4.79 Å². The van der Waals surface area contributed by atoms with Crippen LogP contribution in [0, 0.1) is 6.92 Å². The fourth-order valence-electron chi connectivity index (χ4n) is 2.50. The van der Waals surface area contributed by atoms with E-state index in [2.05, 4.69) is 32.9 Å². The topological polar surface area (TPSA) is 67.6 Å². The van der Waals surface area contributed by atoms with Crippen LogP contribution in [0.2, 0.25) is 0 Å². The van der Waals surface area contributed by atoms with Crippen LogP contribution in [0.25, 0.3) is 0 Å². The molecule has 1 fully saturated rings. The van der Waals surface area contributed by atoms with Crippen LogP contribution in [-0.4, -0.2) is 51.6 Å². The average Bonchev–Trinajstić information content (AvgIpc) is 2.68. The molecule has 2 heterocycles. The summed E-state index contributed by atoms with van der Waals surface area (Å²) in [5.74, 6) is -0.787. The predicted octanol–water partition coefficient (Wildman–Crippen LogP) is 1.65. The van der Waals surface area contributed by atoms with Gasteiger partial charge < -0.3 is 9.84 Å². The minimum atomic E-state index is -0.787. The lowest BCUT2D eigenvalue weighted by Crippen LogP contribution is -2.46. The Bertz CT molecular complexity index is 489. The molecule has 1 unspecified atom stereocenters. The van der Waals surface area contributed by atoms with Gasteiger partial charge in [-0.3, -0.25) is 14.4 Å². The van der Waals surface area contributed by atoms with Crippen LogP contribution in [-0.2, 0) is 22.6 Å². The molecule has 0 amide bonds. The van der Waals surface area contributed by atoms with E-state index in [1.54, 1.807) is 0 Å². The highest BCUT2D eigenvalue weighted by atomic mass is 79.9. The monoisotopic (exact) mass is 345 g/mol. The van der Waals surface area contributed by atoms with Crippen LogP contribution >= 0.6 is 15.9 Å². The number of carboxylic acid groups (broad SMARTS) is 1. The third kappa shape index (κ3) is 3.39. The highest BCUT2D eigenvalue weighted by Gasteiger charge is 2.27. The lowest BCUT2D eigenvalue weighted by molar-refractivity contribution is -0.140. The molecule has 0 aliphatic carbocycles. The van der Waals surface area contributed by atoms with Crippen LogP contribution in [0.15, 0.2) is 4.47 Å². The molecule has 0 bridgehead atoms. The van der Waals surface area contributed by atoms with Crippen LogP contribution in [0.3, 0.4) is 0 Å². The maximum absolute atomic E-state index is 11.0. The van der Waals surface area contributed by atoms with Crippen LogP contribution in [0.1, 0.15) is 24.7 Å². The lowest BCUT2D eigenvalue weighted by Gasteiger charge is -2.34. The zero-order valence-electron chi connectivity index (χ0n) is 11.8. The number of aliphatic carboxylic acids is 1. The fraction of sp³-hybridized carbons (Fsp3) is 0.692. The van der Waals surface area contributed by atoms with Crippen molar-refractivity contribution in [3.8, 4) is 0 Å². The van der Waals surface area contributed by atoms with E-state index in [4.69, 9.17) is 9.84 Å². The van der Waals surface area contributed by atoms with Crippen LogP contribution in [0.5, 0.6) is 0 Å². The second kappa shape index (κ2) is 6.69. The van der Waals surface area contributed by atoms with Crippen molar-refractivity contribution in [1.29, 1.82) is 0 Å². The van der Waals surface area contributed by atoms with E-state index in [1.165, 1.54) is 0 Å². The molecule has 7 heteroatoms. The Morgan fingerprint density at radius 3 is 3.00 bits per heavy atom. The van der Waals surface area contributed by atoms with Gasteiger partial charge in [0.25, 0.3) is 0 Å². The minimum Gasteiger partial charge on any atom is -0.481 e. The summed E-state index contributed by atoms with van der Waals surface area (Å²) in [6, 6.07) is -0.0753. The first-order valence-electron chi connectivity index (χ1n) is 6.78. The number of aromatic nitrogens is 2. The van der Waals surface area contributed by atoms with Gasteiger partial charge in [0.1, 0.15) is 0 Å². The lowest BCUT2D eigenvalue weighted by atomic mass is 10.1. The van der Waals surface area contributed by atoms with Crippen molar-refractivity contribution in [3.63, 3.8) is 0 Å². The summed E-state index contributed by atoms with van der Waals surface area (Å²) in [6.07, 6.45) is 0.108. The number of morpholine rings is 1. The molecule has 0 spiro atoms. The maximum atomic E-state index is 11.0. The predicted molar refractivity (Wildman–Crippen MR) is 77.6 cm³/mol. The van der Waals surface area contributed by atoms with E-state index in [0.29, 0.717) is 19.8 Å². The standard InChI is InChI=1S/C13H20BrN3O3/c1-3-17-11(13(14)9(2)15-17)7-16-4-5-20-8-10(16)6-12(18)19/h10H,3-8H2,1-2H3,(H,18,19). The van der Waals surface area contributed by atoms with Crippen molar-refractivity contribution in [2.75, 3.05) is 19.8 Å². The van der Waals surface area contributed by atoms with Crippen molar-refractivity contribution in [3.05, 3.63) is 15.9 Å².